The van der Waals surface area contributed by atoms with E-state index in [1.807, 2.05) is 25.8 Å². The summed E-state index contributed by atoms with van der Waals surface area (Å²) in [4.78, 5) is 1.89. The summed E-state index contributed by atoms with van der Waals surface area (Å²) < 4.78 is 13.3. The number of likely N-dealkylation sites (N-methyl/N-ethyl adjacent to an activating group) is 1. The number of hydrogen-bond donors (Lipinski definition) is 0. The van der Waals surface area contributed by atoms with Crippen LogP contribution in [0.15, 0.2) is 11.4 Å². The molecule has 1 nitrogen and oxygen atoms in total. The number of nitrogens with zero attached hydrogens (tertiary/aromatic N) is 1. The van der Waals surface area contributed by atoms with Crippen LogP contribution in [0.1, 0.15) is 20.3 Å². The van der Waals surface area contributed by atoms with E-state index in [0.29, 0.717) is 6.42 Å². The largest absolute Gasteiger partial charge is 0.283 e. The third kappa shape index (κ3) is 1.37. The number of terminal acetylenes is 1. The molecule has 0 amide bonds. The molecule has 0 bridgehead atoms. The molecular formula is C10H14FN. The Labute approximate surface area is 73.3 Å². The van der Waals surface area contributed by atoms with Gasteiger partial charge >= 0.3 is 0 Å². The highest BCUT2D eigenvalue weighted by Crippen LogP contribution is 2.27. The van der Waals surface area contributed by atoms with Crippen LogP contribution in [0.25, 0.3) is 0 Å². The first-order chi connectivity index (χ1) is 5.57. The lowest BCUT2D eigenvalue weighted by Crippen LogP contribution is -2.42. The van der Waals surface area contributed by atoms with Crippen molar-refractivity contribution in [3.63, 3.8) is 0 Å². The third-order valence-corrected chi connectivity index (χ3v) is 2.57. The van der Waals surface area contributed by atoms with Gasteiger partial charge in [0, 0.05) is 0 Å². The summed E-state index contributed by atoms with van der Waals surface area (Å²) in [5, 5.41) is 0. The summed E-state index contributed by atoms with van der Waals surface area (Å²) in [5.41, 5.74) is 0.795. The monoisotopic (exact) mass is 167 g/mol. The highest BCUT2D eigenvalue weighted by Gasteiger charge is 2.28. The van der Waals surface area contributed by atoms with Crippen LogP contribution >= 0.6 is 0 Å². The molecule has 0 spiro atoms. The van der Waals surface area contributed by atoms with Gasteiger partial charge in [0.25, 0.3) is 0 Å². The fourth-order valence-electron chi connectivity index (χ4n) is 1.51. The van der Waals surface area contributed by atoms with E-state index in [4.69, 9.17) is 6.42 Å². The van der Waals surface area contributed by atoms with Crippen molar-refractivity contribution >= 4 is 0 Å². The van der Waals surface area contributed by atoms with Crippen molar-refractivity contribution in [2.75, 3.05) is 7.05 Å². The SMILES string of the molecule is C#C[C@H]1CC(C)=C(F)[C@@H](C)N1C. The molecule has 1 heterocycles. The van der Waals surface area contributed by atoms with E-state index in [9.17, 15) is 4.39 Å². The lowest BCUT2D eigenvalue weighted by Gasteiger charge is -2.34. The molecule has 1 aliphatic heterocycles. The topological polar surface area (TPSA) is 3.24 Å². The molecule has 0 fully saturated rings. The summed E-state index contributed by atoms with van der Waals surface area (Å²) in [6, 6.07) is -0.112. The van der Waals surface area contributed by atoms with E-state index < -0.39 is 0 Å². The van der Waals surface area contributed by atoms with Gasteiger partial charge < -0.3 is 0 Å². The van der Waals surface area contributed by atoms with Gasteiger partial charge in [-0.05, 0) is 32.9 Å². The molecule has 66 valence electrons. The van der Waals surface area contributed by atoms with Crippen molar-refractivity contribution in [3.8, 4) is 12.3 Å². The Bertz CT molecular complexity index is 249. The zero-order chi connectivity index (χ0) is 9.30. The smallest absolute Gasteiger partial charge is 0.116 e. The summed E-state index contributed by atoms with van der Waals surface area (Å²) in [5.74, 6) is 2.64. The second kappa shape index (κ2) is 3.28. The highest BCUT2D eigenvalue weighted by molar-refractivity contribution is 5.21. The average molecular weight is 167 g/mol. The van der Waals surface area contributed by atoms with Crippen LogP contribution < -0.4 is 0 Å². The van der Waals surface area contributed by atoms with Crippen molar-refractivity contribution in [1.82, 2.24) is 4.90 Å². The minimum Gasteiger partial charge on any atom is -0.283 e. The molecule has 0 aromatic heterocycles. The molecule has 12 heavy (non-hydrogen) atoms. The molecule has 1 aliphatic rings. The maximum absolute atomic E-state index is 13.3. The first-order valence-corrected chi connectivity index (χ1v) is 4.11. The molecule has 0 aromatic rings. The summed E-state index contributed by atoms with van der Waals surface area (Å²) >= 11 is 0. The molecule has 2 heteroatoms. The molecule has 1 rings (SSSR count). The normalized spacial score (nSPS) is 31.9. The molecule has 0 saturated heterocycles. The van der Waals surface area contributed by atoms with Crippen molar-refractivity contribution in [2.24, 2.45) is 0 Å². The molecule has 0 saturated carbocycles. The number of hydrogen-bond acceptors (Lipinski definition) is 1. The van der Waals surface area contributed by atoms with Gasteiger partial charge in [-0.1, -0.05) is 5.92 Å². The van der Waals surface area contributed by atoms with Crippen LogP contribution in [0.4, 0.5) is 4.39 Å². The van der Waals surface area contributed by atoms with E-state index in [1.54, 1.807) is 0 Å². The quantitative estimate of drug-likeness (QED) is 0.498. The molecule has 2 atom stereocenters. The standard InChI is InChI=1S/C10H14FN/c1-5-9-6-7(2)10(11)8(3)12(9)4/h1,8-9H,6H2,2-4H3/t8-,9+/m1/s1. The minimum atomic E-state index is -0.167. The van der Waals surface area contributed by atoms with Gasteiger partial charge in [-0.3, -0.25) is 4.90 Å². The zero-order valence-electron chi connectivity index (χ0n) is 7.76. The first-order valence-electron chi connectivity index (χ1n) is 4.11. The zero-order valence-corrected chi connectivity index (χ0v) is 7.76. The lowest BCUT2D eigenvalue weighted by molar-refractivity contribution is 0.200. The van der Waals surface area contributed by atoms with E-state index in [2.05, 4.69) is 5.92 Å². The van der Waals surface area contributed by atoms with Crippen molar-refractivity contribution in [3.05, 3.63) is 11.4 Å². The predicted octanol–water partition coefficient (Wildman–Crippen LogP) is 1.96. The van der Waals surface area contributed by atoms with Crippen molar-refractivity contribution in [2.45, 2.75) is 32.4 Å². The van der Waals surface area contributed by atoms with Crippen LogP contribution in [0.5, 0.6) is 0 Å². The Kier molecular flexibility index (Phi) is 2.54. The fraction of sp³-hybridized carbons (Fsp3) is 0.600. The third-order valence-electron chi connectivity index (χ3n) is 2.57. The van der Waals surface area contributed by atoms with Crippen molar-refractivity contribution < 1.29 is 4.39 Å². The Morgan fingerprint density at radius 3 is 2.75 bits per heavy atom. The Morgan fingerprint density at radius 2 is 2.25 bits per heavy atom. The van der Waals surface area contributed by atoms with Gasteiger partial charge in [0.15, 0.2) is 0 Å². The van der Waals surface area contributed by atoms with Crippen molar-refractivity contribution in [1.29, 1.82) is 0 Å². The van der Waals surface area contributed by atoms with E-state index >= 15 is 0 Å². The van der Waals surface area contributed by atoms with Gasteiger partial charge in [-0.25, -0.2) is 4.39 Å². The van der Waals surface area contributed by atoms with Crippen LogP contribution in [0, 0.1) is 12.3 Å². The average Bonchev–Trinajstić information content (AvgIpc) is 2.08. The molecule has 0 aliphatic carbocycles. The number of rotatable bonds is 0. The molecule has 0 N–H and O–H groups in total. The fourth-order valence-corrected chi connectivity index (χ4v) is 1.51. The molecule has 0 radical (unpaired) electrons. The van der Waals surface area contributed by atoms with E-state index in [-0.39, 0.29) is 17.9 Å². The molecule has 0 unspecified atom stereocenters. The van der Waals surface area contributed by atoms with Gasteiger partial charge in [0.1, 0.15) is 5.83 Å². The maximum atomic E-state index is 13.3. The summed E-state index contributed by atoms with van der Waals surface area (Å²) in [7, 11) is 1.86. The van der Waals surface area contributed by atoms with Gasteiger partial charge in [-0.2, -0.15) is 0 Å². The second-order valence-electron chi connectivity index (χ2n) is 3.36. The summed E-state index contributed by atoms with van der Waals surface area (Å²) in [6.07, 6.45) is 5.98. The lowest BCUT2D eigenvalue weighted by atomic mass is 9.97. The maximum Gasteiger partial charge on any atom is 0.116 e. The number of halogens is 1. The van der Waals surface area contributed by atoms with Crippen LogP contribution in [0.2, 0.25) is 0 Å². The Balaban J connectivity index is 2.92. The predicted molar refractivity (Wildman–Crippen MR) is 48.3 cm³/mol. The van der Waals surface area contributed by atoms with E-state index in [0.717, 1.165) is 5.57 Å². The Hall–Kier alpha value is -0.810. The van der Waals surface area contributed by atoms with Crippen LogP contribution in [-0.4, -0.2) is 24.0 Å². The Morgan fingerprint density at radius 1 is 1.67 bits per heavy atom. The molecular weight excluding hydrogens is 153 g/mol. The second-order valence-corrected chi connectivity index (χ2v) is 3.36. The highest BCUT2D eigenvalue weighted by atomic mass is 19.1. The first kappa shape index (κ1) is 9.28. The van der Waals surface area contributed by atoms with Crippen LogP contribution in [-0.2, 0) is 0 Å². The van der Waals surface area contributed by atoms with Gasteiger partial charge in [0.2, 0.25) is 0 Å². The summed E-state index contributed by atoms with van der Waals surface area (Å²) in [6.45, 7) is 3.64. The van der Waals surface area contributed by atoms with Gasteiger partial charge in [-0.15, -0.1) is 6.42 Å². The van der Waals surface area contributed by atoms with Gasteiger partial charge in [0.05, 0.1) is 12.1 Å². The molecule has 0 aromatic carbocycles. The van der Waals surface area contributed by atoms with Crippen LogP contribution in [0.3, 0.4) is 0 Å². The van der Waals surface area contributed by atoms with E-state index in [1.165, 1.54) is 0 Å². The minimum absolute atomic E-state index is 0.0241.